The number of nitrogens with zero attached hydrogens (tertiary/aromatic N) is 2. The Kier molecular flexibility index (Phi) is 5.14. The zero-order valence-corrected chi connectivity index (χ0v) is 14.0. The lowest BCUT2D eigenvalue weighted by Gasteiger charge is -2.26. The number of hydrogen-bond acceptors (Lipinski definition) is 4. The second-order valence-electron chi connectivity index (χ2n) is 5.21. The first kappa shape index (κ1) is 16.5. The van der Waals surface area contributed by atoms with Crippen molar-refractivity contribution >= 4 is 27.3 Å². The van der Waals surface area contributed by atoms with Crippen LogP contribution >= 0.6 is 11.6 Å². The summed E-state index contributed by atoms with van der Waals surface area (Å²) in [6.07, 6.45) is 0.865. The van der Waals surface area contributed by atoms with E-state index in [1.54, 1.807) is 0 Å². The molecule has 1 aliphatic heterocycles. The zero-order chi connectivity index (χ0) is 15.6. The summed E-state index contributed by atoms with van der Waals surface area (Å²) < 4.78 is 26.8. The molecule has 1 heterocycles. The molecule has 118 valence electrons. The second-order valence-corrected chi connectivity index (χ2v) is 7.56. The second kappa shape index (κ2) is 6.52. The standard InChI is InChI=1S/C14H22ClN3O2S/c1-3-17(4-2)11-7-8-18(10-11)21(19,20)12-5-6-14(16)13(15)9-12/h5-6,9,11H,3-4,7-8,10,16H2,1-2H3. The Morgan fingerprint density at radius 3 is 2.62 bits per heavy atom. The lowest BCUT2D eigenvalue weighted by atomic mass is 10.2. The molecule has 7 heteroatoms. The van der Waals surface area contributed by atoms with E-state index in [-0.39, 0.29) is 9.92 Å². The maximum absolute atomic E-state index is 12.7. The van der Waals surface area contributed by atoms with E-state index in [0.29, 0.717) is 24.8 Å². The van der Waals surface area contributed by atoms with Crippen molar-refractivity contribution in [2.24, 2.45) is 0 Å². The van der Waals surface area contributed by atoms with Gasteiger partial charge in [-0.15, -0.1) is 0 Å². The number of nitrogen functional groups attached to an aromatic ring is 1. The molecule has 0 amide bonds. The molecule has 0 bridgehead atoms. The van der Waals surface area contributed by atoms with Crippen molar-refractivity contribution in [1.82, 2.24) is 9.21 Å². The Balaban J connectivity index is 2.19. The summed E-state index contributed by atoms with van der Waals surface area (Å²) >= 11 is 5.93. The molecule has 0 aromatic heterocycles. The van der Waals surface area contributed by atoms with E-state index in [2.05, 4.69) is 18.7 Å². The van der Waals surface area contributed by atoms with Gasteiger partial charge in [0.05, 0.1) is 15.6 Å². The maximum Gasteiger partial charge on any atom is 0.243 e. The number of nitrogens with two attached hydrogens (primary N) is 1. The minimum atomic E-state index is -3.49. The number of hydrogen-bond donors (Lipinski definition) is 1. The van der Waals surface area contributed by atoms with E-state index in [9.17, 15) is 8.42 Å². The molecule has 1 aliphatic rings. The maximum atomic E-state index is 12.7. The number of anilines is 1. The van der Waals surface area contributed by atoms with E-state index >= 15 is 0 Å². The summed E-state index contributed by atoms with van der Waals surface area (Å²) in [5, 5.41) is 0.274. The van der Waals surface area contributed by atoms with Gasteiger partial charge in [0, 0.05) is 19.1 Å². The van der Waals surface area contributed by atoms with Crippen LogP contribution in [0.2, 0.25) is 5.02 Å². The Morgan fingerprint density at radius 2 is 2.05 bits per heavy atom. The Morgan fingerprint density at radius 1 is 1.38 bits per heavy atom. The summed E-state index contributed by atoms with van der Waals surface area (Å²) in [7, 11) is -3.49. The van der Waals surface area contributed by atoms with E-state index in [4.69, 9.17) is 17.3 Å². The molecule has 5 nitrogen and oxygen atoms in total. The molecule has 1 fully saturated rings. The van der Waals surface area contributed by atoms with Gasteiger partial charge in [0.1, 0.15) is 0 Å². The van der Waals surface area contributed by atoms with Crippen molar-refractivity contribution in [1.29, 1.82) is 0 Å². The van der Waals surface area contributed by atoms with Crippen LogP contribution in [-0.4, -0.2) is 49.8 Å². The van der Waals surface area contributed by atoms with Crippen LogP contribution in [0.3, 0.4) is 0 Å². The molecule has 2 rings (SSSR count). The molecule has 0 spiro atoms. The van der Waals surface area contributed by atoms with Crippen LogP contribution in [0.4, 0.5) is 5.69 Å². The highest BCUT2D eigenvalue weighted by atomic mass is 35.5. The van der Waals surface area contributed by atoms with Gasteiger partial charge < -0.3 is 5.73 Å². The molecule has 2 N–H and O–H groups in total. The smallest absolute Gasteiger partial charge is 0.243 e. The molecule has 1 saturated heterocycles. The van der Waals surface area contributed by atoms with Crippen molar-refractivity contribution in [3.8, 4) is 0 Å². The molecule has 0 saturated carbocycles. The van der Waals surface area contributed by atoms with E-state index < -0.39 is 10.0 Å². The molecule has 0 aliphatic carbocycles. The fraction of sp³-hybridized carbons (Fsp3) is 0.571. The topological polar surface area (TPSA) is 66.6 Å². The summed E-state index contributed by atoms with van der Waals surface area (Å²) in [5.41, 5.74) is 6.02. The first-order chi connectivity index (χ1) is 9.90. The highest BCUT2D eigenvalue weighted by Gasteiger charge is 2.34. The third-order valence-corrected chi connectivity index (χ3v) is 6.25. The van der Waals surface area contributed by atoms with Gasteiger partial charge in [-0.3, -0.25) is 4.90 Å². The van der Waals surface area contributed by atoms with Gasteiger partial charge in [-0.2, -0.15) is 4.31 Å². The van der Waals surface area contributed by atoms with Gasteiger partial charge >= 0.3 is 0 Å². The third-order valence-electron chi connectivity index (χ3n) is 4.06. The monoisotopic (exact) mass is 331 g/mol. The van der Waals surface area contributed by atoms with Crippen LogP contribution in [0, 0.1) is 0 Å². The Hall–Kier alpha value is -0.820. The van der Waals surface area contributed by atoms with Crippen LogP contribution in [0.25, 0.3) is 0 Å². The Bertz CT molecular complexity index is 602. The summed E-state index contributed by atoms with van der Waals surface area (Å²) in [4.78, 5) is 2.51. The van der Waals surface area contributed by atoms with Crippen molar-refractivity contribution < 1.29 is 8.42 Å². The SMILES string of the molecule is CCN(CC)C1CCN(S(=O)(=O)c2ccc(N)c(Cl)c2)C1. The zero-order valence-electron chi connectivity index (χ0n) is 12.4. The minimum absolute atomic E-state index is 0.210. The number of halogens is 1. The number of likely N-dealkylation sites (N-methyl/N-ethyl adjacent to an activating group) is 1. The van der Waals surface area contributed by atoms with Crippen LogP contribution in [0.15, 0.2) is 23.1 Å². The normalized spacial score (nSPS) is 20.3. The number of sulfonamides is 1. The van der Waals surface area contributed by atoms with Crippen LogP contribution < -0.4 is 5.73 Å². The van der Waals surface area contributed by atoms with Gasteiger partial charge in [0.25, 0.3) is 0 Å². The van der Waals surface area contributed by atoms with E-state index in [0.717, 1.165) is 19.5 Å². The fourth-order valence-corrected chi connectivity index (χ4v) is 4.55. The first-order valence-corrected chi connectivity index (χ1v) is 9.01. The predicted molar refractivity (Wildman–Crippen MR) is 85.9 cm³/mol. The van der Waals surface area contributed by atoms with Gasteiger partial charge in [-0.1, -0.05) is 25.4 Å². The first-order valence-electron chi connectivity index (χ1n) is 7.19. The van der Waals surface area contributed by atoms with E-state index in [1.807, 2.05) is 0 Å². The molecule has 21 heavy (non-hydrogen) atoms. The summed E-state index contributed by atoms with van der Waals surface area (Å²) in [6.45, 7) is 7.14. The quantitative estimate of drug-likeness (QED) is 0.838. The number of rotatable bonds is 5. The lowest BCUT2D eigenvalue weighted by Crippen LogP contribution is -2.38. The Labute approximate surface area is 131 Å². The third kappa shape index (κ3) is 3.34. The highest BCUT2D eigenvalue weighted by molar-refractivity contribution is 7.89. The molecule has 1 aromatic carbocycles. The average molecular weight is 332 g/mol. The minimum Gasteiger partial charge on any atom is -0.398 e. The van der Waals surface area contributed by atoms with Crippen molar-refractivity contribution in [3.05, 3.63) is 23.2 Å². The fourth-order valence-electron chi connectivity index (χ4n) is 2.78. The molecular weight excluding hydrogens is 310 g/mol. The van der Waals surface area contributed by atoms with Gasteiger partial charge in [-0.25, -0.2) is 8.42 Å². The molecule has 0 radical (unpaired) electrons. The molecule has 1 aromatic rings. The lowest BCUT2D eigenvalue weighted by molar-refractivity contribution is 0.224. The molecular formula is C14H22ClN3O2S. The summed E-state index contributed by atoms with van der Waals surface area (Å²) in [6, 6.07) is 4.77. The highest BCUT2D eigenvalue weighted by Crippen LogP contribution is 2.27. The predicted octanol–water partition coefficient (Wildman–Crippen LogP) is 2.03. The van der Waals surface area contributed by atoms with Crippen LogP contribution in [0.1, 0.15) is 20.3 Å². The van der Waals surface area contributed by atoms with Gasteiger partial charge in [0.2, 0.25) is 10.0 Å². The number of benzene rings is 1. The van der Waals surface area contributed by atoms with Crippen molar-refractivity contribution in [3.63, 3.8) is 0 Å². The summed E-state index contributed by atoms with van der Waals surface area (Å²) in [5.74, 6) is 0. The van der Waals surface area contributed by atoms with Crippen molar-refractivity contribution in [2.75, 3.05) is 31.9 Å². The van der Waals surface area contributed by atoms with Crippen LogP contribution in [0.5, 0.6) is 0 Å². The average Bonchev–Trinajstić information content (AvgIpc) is 2.93. The van der Waals surface area contributed by atoms with Crippen molar-refractivity contribution in [2.45, 2.75) is 31.2 Å². The molecule has 1 atom stereocenters. The van der Waals surface area contributed by atoms with Crippen LogP contribution in [-0.2, 0) is 10.0 Å². The molecule has 1 unspecified atom stereocenters. The van der Waals surface area contributed by atoms with Gasteiger partial charge in [0.15, 0.2) is 0 Å². The largest absolute Gasteiger partial charge is 0.398 e. The van der Waals surface area contributed by atoms with Gasteiger partial charge in [-0.05, 0) is 37.7 Å². The van der Waals surface area contributed by atoms with E-state index in [1.165, 1.54) is 22.5 Å².